The van der Waals surface area contributed by atoms with Crippen LogP contribution in [0.15, 0.2) is 15.9 Å². The van der Waals surface area contributed by atoms with Crippen LogP contribution in [-0.2, 0) is 16.0 Å². The van der Waals surface area contributed by atoms with E-state index in [-0.39, 0.29) is 12.3 Å². The lowest BCUT2D eigenvalue weighted by atomic mass is 9.93. The van der Waals surface area contributed by atoms with Crippen molar-refractivity contribution in [1.82, 2.24) is 4.90 Å². The zero-order chi connectivity index (χ0) is 14.5. The molecule has 0 bridgehead atoms. The third kappa shape index (κ3) is 4.59. The number of aliphatic carboxylic acids is 1. The maximum Gasteiger partial charge on any atom is 0.303 e. The fourth-order valence-electron chi connectivity index (χ4n) is 2.56. The van der Waals surface area contributed by atoms with Crippen LogP contribution in [0, 0.1) is 5.92 Å². The van der Waals surface area contributed by atoms with E-state index in [9.17, 15) is 9.59 Å². The Hall–Kier alpha value is -0.880. The Kier molecular flexibility index (Phi) is 5.60. The van der Waals surface area contributed by atoms with E-state index in [0.717, 1.165) is 28.0 Å². The number of piperidine rings is 1. The Morgan fingerprint density at radius 2 is 2.25 bits per heavy atom. The van der Waals surface area contributed by atoms with Gasteiger partial charge in [-0.2, -0.15) is 0 Å². The summed E-state index contributed by atoms with van der Waals surface area (Å²) in [6.45, 7) is 1.51. The molecule has 0 saturated carbocycles. The van der Waals surface area contributed by atoms with Gasteiger partial charge in [0.15, 0.2) is 0 Å². The van der Waals surface area contributed by atoms with E-state index in [4.69, 9.17) is 5.11 Å². The number of halogens is 1. The van der Waals surface area contributed by atoms with Gasteiger partial charge in [-0.25, -0.2) is 0 Å². The van der Waals surface area contributed by atoms with Crippen LogP contribution in [-0.4, -0.2) is 35.0 Å². The minimum Gasteiger partial charge on any atom is -0.481 e. The molecule has 1 aromatic heterocycles. The van der Waals surface area contributed by atoms with Gasteiger partial charge in [0.1, 0.15) is 0 Å². The van der Waals surface area contributed by atoms with Gasteiger partial charge in [0, 0.05) is 24.4 Å². The molecule has 0 radical (unpaired) electrons. The molecule has 2 heterocycles. The highest BCUT2D eigenvalue weighted by atomic mass is 79.9. The predicted octanol–water partition coefficient (Wildman–Crippen LogP) is 3.16. The van der Waals surface area contributed by atoms with E-state index in [1.54, 1.807) is 11.3 Å². The number of nitrogens with zero attached hydrogens (tertiary/aromatic N) is 1. The molecule has 1 unspecified atom stereocenters. The number of carboxylic acid groups (broad SMARTS) is 1. The summed E-state index contributed by atoms with van der Waals surface area (Å²) < 4.78 is 1.04. The fraction of sp³-hybridized carbons (Fsp3) is 0.571. The van der Waals surface area contributed by atoms with E-state index < -0.39 is 5.97 Å². The minimum atomic E-state index is -0.753. The fourth-order valence-corrected chi connectivity index (χ4v) is 4.04. The second-order valence-corrected chi connectivity index (χ2v) is 7.71. The van der Waals surface area contributed by atoms with Gasteiger partial charge < -0.3 is 10.0 Å². The van der Waals surface area contributed by atoms with Gasteiger partial charge in [-0.3, -0.25) is 9.59 Å². The standard InChI is InChI=1S/C14H18BrNO3S/c15-12-5-4-11(20-12)8-13(17)16-7-1-2-10(9-16)3-6-14(18)19/h4-5,10H,1-3,6-9H2,(H,18,19). The highest BCUT2D eigenvalue weighted by molar-refractivity contribution is 9.11. The second kappa shape index (κ2) is 7.22. The summed E-state index contributed by atoms with van der Waals surface area (Å²) in [7, 11) is 0. The Balaban J connectivity index is 1.84. The molecular formula is C14H18BrNO3S. The van der Waals surface area contributed by atoms with E-state index >= 15 is 0 Å². The molecule has 6 heteroatoms. The average molecular weight is 360 g/mol. The Morgan fingerprint density at radius 1 is 1.45 bits per heavy atom. The summed E-state index contributed by atoms with van der Waals surface area (Å²) in [4.78, 5) is 25.8. The molecule has 1 atom stereocenters. The summed E-state index contributed by atoms with van der Waals surface area (Å²) in [6, 6.07) is 3.93. The van der Waals surface area contributed by atoms with Crippen molar-refractivity contribution >= 4 is 39.1 Å². The first-order valence-electron chi connectivity index (χ1n) is 6.78. The van der Waals surface area contributed by atoms with Crippen LogP contribution in [0.4, 0.5) is 0 Å². The molecular weight excluding hydrogens is 342 g/mol. The van der Waals surface area contributed by atoms with Crippen molar-refractivity contribution in [1.29, 1.82) is 0 Å². The summed E-state index contributed by atoms with van der Waals surface area (Å²) >= 11 is 4.99. The maximum atomic E-state index is 12.3. The monoisotopic (exact) mass is 359 g/mol. The van der Waals surface area contributed by atoms with Crippen LogP contribution in [0.1, 0.15) is 30.6 Å². The first-order valence-corrected chi connectivity index (χ1v) is 8.39. The molecule has 4 nitrogen and oxygen atoms in total. The van der Waals surface area contributed by atoms with Gasteiger partial charge in [0.2, 0.25) is 5.91 Å². The molecule has 1 amide bonds. The first-order chi connectivity index (χ1) is 9.54. The van der Waals surface area contributed by atoms with Crippen molar-refractivity contribution in [3.63, 3.8) is 0 Å². The lowest BCUT2D eigenvalue weighted by molar-refractivity contribution is -0.137. The first kappa shape index (κ1) is 15.5. The van der Waals surface area contributed by atoms with Gasteiger partial charge >= 0.3 is 5.97 Å². The average Bonchev–Trinajstić information content (AvgIpc) is 2.82. The van der Waals surface area contributed by atoms with E-state index in [0.29, 0.717) is 25.3 Å². The Bertz CT molecular complexity index is 489. The lowest BCUT2D eigenvalue weighted by Crippen LogP contribution is -2.40. The molecule has 110 valence electrons. The highest BCUT2D eigenvalue weighted by Crippen LogP contribution is 2.25. The summed E-state index contributed by atoms with van der Waals surface area (Å²) in [5.41, 5.74) is 0. The second-order valence-electron chi connectivity index (χ2n) is 5.16. The third-order valence-corrected chi connectivity index (χ3v) is 5.22. The number of carboxylic acids is 1. The van der Waals surface area contributed by atoms with Crippen LogP contribution in [0.2, 0.25) is 0 Å². The number of amides is 1. The molecule has 1 saturated heterocycles. The summed E-state index contributed by atoms with van der Waals surface area (Å²) in [6.07, 6.45) is 3.32. The minimum absolute atomic E-state index is 0.152. The van der Waals surface area contributed by atoms with Crippen molar-refractivity contribution in [3.05, 3.63) is 20.8 Å². The number of hydrogen-bond acceptors (Lipinski definition) is 3. The smallest absolute Gasteiger partial charge is 0.303 e. The van der Waals surface area contributed by atoms with Crippen molar-refractivity contribution in [2.75, 3.05) is 13.1 Å². The summed E-state index contributed by atoms with van der Waals surface area (Å²) in [5.74, 6) is -0.268. The quantitative estimate of drug-likeness (QED) is 0.878. The molecule has 1 aliphatic rings. The van der Waals surface area contributed by atoms with E-state index in [1.165, 1.54) is 0 Å². The van der Waals surface area contributed by atoms with Crippen LogP contribution < -0.4 is 0 Å². The SMILES string of the molecule is O=C(O)CCC1CCCN(C(=O)Cc2ccc(Br)s2)C1. The van der Waals surface area contributed by atoms with E-state index in [1.807, 2.05) is 17.0 Å². The molecule has 1 aromatic rings. The number of carbonyl (C=O) groups is 2. The third-order valence-electron chi connectivity index (χ3n) is 3.59. The number of carbonyl (C=O) groups excluding carboxylic acids is 1. The normalized spacial score (nSPS) is 19.1. The Morgan fingerprint density at radius 3 is 2.90 bits per heavy atom. The zero-order valence-electron chi connectivity index (χ0n) is 11.2. The summed E-state index contributed by atoms with van der Waals surface area (Å²) in [5, 5.41) is 8.73. The van der Waals surface area contributed by atoms with Gasteiger partial charge in [0.05, 0.1) is 10.2 Å². The molecule has 2 rings (SSSR count). The van der Waals surface area contributed by atoms with Crippen LogP contribution in [0.25, 0.3) is 0 Å². The van der Waals surface area contributed by atoms with Crippen molar-refractivity contribution in [2.24, 2.45) is 5.92 Å². The number of likely N-dealkylation sites (tertiary alicyclic amines) is 1. The number of hydrogen-bond donors (Lipinski definition) is 1. The predicted molar refractivity (Wildman–Crippen MR) is 81.9 cm³/mol. The van der Waals surface area contributed by atoms with Crippen molar-refractivity contribution in [2.45, 2.75) is 32.1 Å². The molecule has 1 fully saturated rings. The van der Waals surface area contributed by atoms with Crippen LogP contribution in [0.5, 0.6) is 0 Å². The largest absolute Gasteiger partial charge is 0.481 e. The molecule has 0 aromatic carbocycles. The van der Waals surface area contributed by atoms with Gasteiger partial charge in [0.25, 0.3) is 0 Å². The lowest BCUT2D eigenvalue weighted by Gasteiger charge is -2.32. The molecule has 0 aliphatic carbocycles. The number of thiophene rings is 1. The molecule has 1 aliphatic heterocycles. The van der Waals surface area contributed by atoms with Gasteiger partial charge in [-0.15, -0.1) is 11.3 Å². The molecule has 0 spiro atoms. The maximum absolute atomic E-state index is 12.3. The topological polar surface area (TPSA) is 57.6 Å². The highest BCUT2D eigenvalue weighted by Gasteiger charge is 2.24. The van der Waals surface area contributed by atoms with E-state index in [2.05, 4.69) is 15.9 Å². The van der Waals surface area contributed by atoms with Crippen LogP contribution in [0.3, 0.4) is 0 Å². The van der Waals surface area contributed by atoms with Crippen LogP contribution >= 0.6 is 27.3 Å². The van der Waals surface area contributed by atoms with Gasteiger partial charge in [-0.05, 0) is 53.2 Å². The molecule has 20 heavy (non-hydrogen) atoms. The Labute approximate surface area is 130 Å². The number of rotatable bonds is 5. The van der Waals surface area contributed by atoms with Crippen molar-refractivity contribution < 1.29 is 14.7 Å². The van der Waals surface area contributed by atoms with Crippen molar-refractivity contribution in [3.8, 4) is 0 Å². The molecule has 1 N–H and O–H groups in total. The zero-order valence-corrected chi connectivity index (χ0v) is 13.6. The van der Waals surface area contributed by atoms with Gasteiger partial charge in [-0.1, -0.05) is 0 Å².